The van der Waals surface area contributed by atoms with E-state index in [4.69, 9.17) is 0 Å². The van der Waals surface area contributed by atoms with Gasteiger partial charge in [-0.1, -0.05) is 18.2 Å². The summed E-state index contributed by atoms with van der Waals surface area (Å²) in [6.45, 7) is 3.66. The van der Waals surface area contributed by atoms with Crippen molar-refractivity contribution in [2.45, 2.75) is 13.8 Å². The van der Waals surface area contributed by atoms with Crippen molar-refractivity contribution in [3.8, 4) is 5.69 Å². The molecule has 0 aliphatic heterocycles. The zero-order valence-electron chi connectivity index (χ0n) is 14.9. The average molecular weight is 360 g/mol. The van der Waals surface area contributed by atoms with Gasteiger partial charge in [-0.05, 0) is 50.2 Å². The minimum atomic E-state index is -0.410. The van der Waals surface area contributed by atoms with Crippen LogP contribution in [0.15, 0.2) is 60.7 Å². The summed E-state index contributed by atoms with van der Waals surface area (Å²) in [4.78, 5) is 17.4. The Morgan fingerprint density at radius 2 is 1.78 bits per heavy atom. The zero-order chi connectivity index (χ0) is 19.0. The van der Waals surface area contributed by atoms with Crippen molar-refractivity contribution in [1.29, 1.82) is 0 Å². The number of aryl methyl sites for hydroxylation is 2. The Kier molecular flexibility index (Phi) is 4.16. The zero-order valence-corrected chi connectivity index (χ0v) is 14.9. The second kappa shape index (κ2) is 6.64. The van der Waals surface area contributed by atoms with Crippen molar-refractivity contribution in [1.82, 2.24) is 14.8 Å². The number of para-hydroxylation sites is 1. The van der Waals surface area contributed by atoms with Crippen LogP contribution >= 0.6 is 0 Å². The van der Waals surface area contributed by atoms with Crippen LogP contribution in [0.4, 0.5) is 10.2 Å². The van der Waals surface area contributed by atoms with Gasteiger partial charge in [0.1, 0.15) is 11.6 Å². The highest BCUT2D eigenvalue weighted by atomic mass is 19.1. The van der Waals surface area contributed by atoms with Crippen LogP contribution in [0.5, 0.6) is 0 Å². The lowest BCUT2D eigenvalue weighted by molar-refractivity contribution is 0.102. The molecule has 27 heavy (non-hydrogen) atoms. The van der Waals surface area contributed by atoms with E-state index in [2.05, 4.69) is 15.4 Å². The third-order valence-corrected chi connectivity index (χ3v) is 4.22. The summed E-state index contributed by atoms with van der Waals surface area (Å²) in [5.74, 6) is -0.205. The van der Waals surface area contributed by atoms with Gasteiger partial charge in [-0.3, -0.25) is 9.78 Å². The van der Waals surface area contributed by atoms with Crippen LogP contribution in [-0.2, 0) is 0 Å². The molecule has 4 rings (SSSR count). The minimum absolute atomic E-state index is 0.340. The van der Waals surface area contributed by atoms with Crippen LogP contribution in [0.25, 0.3) is 16.6 Å². The van der Waals surface area contributed by atoms with E-state index < -0.39 is 5.82 Å². The van der Waals surface area contributed by atoms with Gasteiger partial charge in [0, 0.05) is 17.1 Å². The molecular formula is C21H17FN4O. The summed E-state index contributed by atoms with van der Waals surface area (Å²) in [5.41, 5.74) is 3.25. The van der Waals surface area contributed by atoms with E-state index in [-0.39, 0.29) is 5.91 Å². The van der Waals surface area contributed by atoms with Gasteiger partial charge in [0.05, 0.1) is 22.5 Å². The number of fused-ring (bicyclic) bond motifs is 1. The Bertz CT molecular complexity index is 1150. The smallest absolute Gasteiger partial charge is 0.257 e. The summed E-state index contributed by atoms with van der Waals surface area (Å²) in [6.07, 6.45) is 0. The number of anilines is 1. The summed E-state index contributed by atoms with van der Waals surface area (Å²) >= 11 is 0. The second-order valence-corrected chi connectivity index (χ2v) is 6.35. The number of amides is 1. The van der Waals surface area contributed by atoms with E-state index in [1.54, 1.807) is 29.8 Å². The number of carbonyl (C=O) groups excluding carboxylic acids is 1. The van der Waals surface area contributed by atoms with Gasteiger partial charge in [-0.15, -0.1) is 0 Å². The van der Waals surface area contributed by atoms with Crippen LogP contribution in [0.3, 0.4) is 0 Å². The molecule has 1 N–H and O–H groups in total. The Morgan fingerprint density at radius 1 is 1.00 bits per heavy atom. The van der Waals surface area contributed by atoms with E-state index >= 15 is 0 Å². The van der Waals surface area contributed by atoms with E-state index in [0.29, 0.717) is 28.0 Å². The molecule has 1 amide bonds. The third-order valence-electron chi connectivity index (χ3n) is 4.22. The molecule has 0 bridgehead atoms. The molecule has 2 heterocycles. The Labute approximate surface area is 155 Å². The molecule has 0 spiro atoms. The Morgan fingerprint density at radius 3 is 2.56 bits per heavy atom. The summed E-state index contributed by atoms with van der Waals surface area (Å²) in [6, 6.07) is 17.2. The number of benzene rings is 2. The lowest BCUT2D eigenvalue weighted by Gasteiger charge is -2.11. The summed E-state index contributed by atoms with van der Waals surface area (Å²) in [7, 11) is 0. The fourth-order valence-electron chi connectivity index (χ4n) is 3.06. The van der Waals surface area contributed by atoms with Gasteiger partial charge in [-0.25, -0.2) is 9.07 Å². The SMILES string of the molecule is Cc1cc(C(=O)Nc2cc(C)nn2-c2ccccc2)c2cc(F)ccc2n1. The molecule has 2 aromatic heterocycles. The fraction of sp³-hybridized carbons (Fsp3) is 0.0952. The van der Waals surface area contributed by atoms with Crippen LogP contribution in [0.2, 0.25) is 0 Å². The van der Waals surface area contributed by atoms with Gasteiger partial charge in [0.25, 0.3) is 5.91 Å². The minimum Gasteiger partial charge on any atom is -0.306 e. The first kappa shape index (κ1) is 16.9. The lowest BCUT2D eigenvalue weighted by atomic mass is 10.1. The lowest BCUT2D eigenvalue weighted by Crippen LogP contribution is -2.16. The van der Waals surface area contributed by atoms with E-state index in [1.165, 1.54) is 12.1 Å². The largest absolute Gasteiger partial charge is 0.306 e. The highest BCUT2D eigenvalue weighted by molar-refractivity contribution is 6.12. The number of nitrogens with one attached hydrogen (secondary N) is 1. The second-order valence-electron chi connectivity index (χ2n) is 6.35. The molecule has 0 atom stereocenters. The quantitative estimate of drug-likeness (QED) is 0.588. The summed E-state index contributed by atoms with van der Waals surface area (Å²) in [5, 5.41) is 7.82. The molecule has 2 aromatic carbocycles. The molecule has 0 saturated heterocycles. The van der Waals surface area contributed by atoms with Crippen molar-refractivity contribution in [2.75, 3.05) is 5.32 Å². The van der Waals surface area contributed by atoms with Gasteiger partial charge >= 0.3 is 0 Å². The molecule has 0 saturated carbocycles. The van der Waals surface area contributed by atoms with Crippen LogP contribution in [0, 0.1) is 19.7 Å². The predicted molar refractivity (Wildman–Crippen MR) is 103 cm³/mol. The standard InChI is InChI=1S/C21H17FN4O/c1-13-10-18(17-12-15(22)8-9-19(17)23-13)21(27)24-20-11-14(2)25-26(20)16-6-4-3-5-7-16/h3-12H,1-2H3,(H,24,27). The van der Waals surface area contributed by atoms with Crippen LogP contribution in [0.1, 0.15) is 21.7 Å². The first-order chi connectivity index (χ1) is 13.0. The van der Waals surface area contributed by atoms with Crippen molar-refractivity contribution in [3.63, 3.8) is 0 Å². The number of aromatic nitrogens is 3. The molecule has 6 heteroatoms. The number of pyridine rings is 1. The van der Waals surface area contributed by atoms with E-state index in [9.17, 15) is 9.18 Å². The number of rotatable bonds is 3. The number of halogens is 1. The fourth-order valence-corrected chi connectivity index (χ4v) is 3.06. The molecule has 134 valence electrons. The number of hydrogen-bond acceptors (Lipinski definition) is 3. The van der Waals surface area contributed by atoms with Gasteiger partial charge in [-0.2, -0.15) is 5.10 Å². The summed E-state index contributed by atoms with van der Waals surface area (Å²) < 4.78 is 15.4. The number of carbonyl (C=O) groups is 1. The topological polar surface area (TPSA) is 59.8 Å². The van der Waals surface area contributed by atoms with Gasteiger partial charge in [0.2, 0.25) is 0 Å². The highest BCUT2D eigenvalue weighted by Crippen LogP contribution is 2.22. The van der Waals surface area contributed by atoms with Crippen molar-refractivity contribution in [3.05, 3.63) is 83.4 Å². The number of nitrogens with zero attached hydrogens (tertiary/aromatic N) is 3. The van der Waals surface area contributed by atoms with E-state index in [0.717, 1.165) is 11.4 Å². The van der Waals surface area contributed by atoms with Gasteiger partial charge < -0.3 is 5.32 Å². The normalized spacial score (nSPS) is 10.9. The molecule has 4 aromatic rings. The Hall–Kier alpha value is -3.54. The highest BCUT2D eigenvalue weighted by Gasteiger charge is 2.16. The van der Waals surface area contributed by atoms with Crippen molar-refractivity contribution >= 4 is 22.6 Å². The van der Waals surface area contributed by atoms with Crippen LogP contribution < -0.4 is 5.32 Å². The van der Waals surface area contributed by atoms with Crippen molar-refractivity contribution in [2.24, 2.45) is 0 Å². The Balaban J connectivity index is 1.76. The monoisotopic (exact) mass is 360 g/mol. The van der Waals surface area contributed by atoms with E-state index in [1.807, 2.05) is 37.3 Å². The molecule has 0 aliphatic rings. The van der Waals surface area contributed by atoms with Crippen LogP contribution in [-0.4, -0.2) is 20.7 Å². The maximum absolute atomic E-state index is 13.7. The third kappa shape index (κ3) is 3.29. The molecule has 0 unspecified atom stereocenters. The van der Waals surface area contributed by atoms with Gasteiger partial charge in [0.15, 0.2) is 0 Å². The molecule has 0 radical (unpaired) electrons. The van der Waals surface area contributed by atoms with Crippen molar-refractivity contribution < 1.29 is 9.18 Å². The molecule has 0 fully saturated rings. The number of hydrogen-bond donors (Lipinski definition) is 1. The first-order valence-electron chi connectivity index (χ1n) is 8.51. The molecular weight excluding hydrogens is 343 g/mol. The predicted octanol–water partition coefficient (Wildman–Crippen LogP) is 4.43. The average Bonchev–Trinajstić information content (AvgIpc) is 3.02. The maximum Gasteiger partial charge on any atom is 0.257 e. The first-order valence-corrected chi connectivity index (χ1v) is 8.51. The molecule has 0 aliphatic carbocycles. The maximum atomic E-state index is 13.7. The molecule has 5 nitrogen and oxygen atoms in total.